The van der Waals surface area contributed by atoms with Crippen molar-refractivity contribution >= 4 is 53.0 Å². The Hall–Kier alpha value is -4.14. The van der Waals surface area contributed by atoms with Gasteiger partial charge < -0.3 is 25.2 Å². The zero-order chi connectivity index (χ0) is 31.7. The second kappa shape index (κ2) is 14.1. The predicted molar refractivity (Wildman–Crippen MR) is 165 cm³/mol. The highest BCUT2D eigenvalue weighted by Gasteiger charge is 2.30. The fraction of sp³-hybridized carbons (Fsp3) is 0.333. The summed E-state index contributed by atoms with van der Waals surface area (Å²) >= 11 is 6.54. The summed E-state index contributed by atoms with van der Waals surface area (Å²) in [5, 5.41) is 6.55. The molecule has 2 amide bonds. The number of alkyl halides is 2. The van der Waals surface area contributed by atoms with Gasteiger partial charge in [-0.3, -0.25) is 14.0 Å². The average Bonchev–Trinajstić information content (AvgIpc) is 3.48. The molecule has 0 spiro atoms. The molecule has 2 aliphatic heterocycles. The fourth-order valence-electron chi connectivity index (χ4n) is 5.65. The maximum Gasteiger partial charge on any atom is 0.387 e. The Morgan fingerprint density at radius 2 is 1.72 bits per heavy atom. The van der Waals surface area contributed by atoms with Crippen molar-refractivity contribution in [2.75, 3.05) is 44.6 Å². The van der Waals surface area contributed by atoms with E-state index in [0.29, 0.717) is 37.4 Å². The van der Waals surface area contributed by atoms with Crippen LogP contribution in [0.15, 0.2) is 48.9 Å². The van der Waals surface area contributed by atoms with E-state index in [1.807, 2.05) is 4.90 Å². The van der Waals surface area contributed by atoms with Crippen LogP contribution in [0.1, 0.15) is 23.2 Å². The normalized spacial score (nSPS) is 15.6. The molecule has 46 heavy (non-hydrogen) atoms. The molecule has 244 valence electrons. The van der Waals surface area contributed by atoms with Crippen molar-refractivity contribution in [3.63, 3.8) is 0 Å². The molecule has 2 saturated heterocycles. The number of halogens is 6. The number of anilines is 2. The van der Waals surface area contributed by atoms with Crippen LogP contribution in [0.5, 0.6) is 5.75 Å². The Morgan fingerprint density at radius 3 is 2.41 bits per heavy atom. The van der Waals surface area contributed by atoms with E-state index >= 15 is 0 Å². The zero-order valence-corrected chi connectivity index (χ0v) is 25.8. The predicted octanol–water partition coefficient (Wildman–Crippen LogP) is 5.38. The van der Waals surface area contributed by atoms with E-state index in [4.69, 9.17) is 11.6 Å². The average molecular weight is 683 g/mol. The van der Waals surface area contributed by atoms with E-state index in [1.54, 1.807) is 23.1 Å². The number of hydrogen-bond acceptors (Lipinski definition) is 7. The molecular formula is C30H29Cl2F4N7O3. The Bertz CT molecular complexity index is 1750. The van der Waals surface area contributed by atoms with Crippen LogP contribution in [0.3, 0.4) is 0 Å². The summed E-state index contributed by atoms with van der Waals surface area (Å²) in [5.41, 5.74) is 0.984. The van der Waals surface area contributed by atoms with Crippen molar-refractivity contribution in [3.05, 3.63) is 71.1 Å². The van der Waals surface area contributed by atoms with Crippen molar-refractivity contribution in [2.45, 2.75) is 19.5 Å². The number of fused-ring (bicyclic) bond motifs is 1. The highest BCUT2D eigenvalue weighted by atomic mass is 35.5. The van der Waals surface area contributed by atoms with Crippen LogP contribution < -0.4 is 15.4 Å². The van der Waals surface area contributed by atoms with Crippen molar-refractivity contribution in [1.82, 2.24) is 29.5 Å². The van der Waals surface area contributed by atoms with Crippen molar-refractivity contribution in [3.8, 4) is 17.0 Å². The zero-order valence-electron chi connectivity index (χ0n) is 24.2. The maximum absolute atomic E-state index is 14.8. The minimum atomic E-state index is -3.31. The van der Waals surface area contributed by atoms with Gasteiger partial charge in [0.15, 0.2) is 23.0 Å². The largest absolute Gasteiger partial charge is 0.432 e. The first-order chi connectivity index (χ1) is 21.7. The first-order valence-electron chi connectivity index (χ1n) is 14.3. The number of benzene rings is 2. The van der Waals surface area contributed by atoms with Crippen molar-refractivity contribution in [1.29, 1.82) is 0 Å². The van der Waals surface area contributed by atoms with Crippen molar-refractivity contribution in [2.24, 2.45) is 5.92 Å². The van der Waals surface area contributed by atoms with Gasteiger partial charge in [0.1, 0.15) is 0 Å². The molecule has 0 saturated carbocycles. The summed E-state index contributed by atoms with van der Waals surface area (Å²) in [6.07, 6.45) is 5.85. The summed E-state index contributed by atoms with van der Waals surface area (Å²) < 4.78 is 59.8. The smallest absolute Gasteiger partial charge is 0.387 e. The molecule has 4 aromatic rings. The van der Waals surface area contributed by atoms with Crippen LogP contribution in [0.25, 0.3) is 16.9 Å². The molecule has 4 heterocycles. The van der Waals surface area contributed by atoms with E-state index in [2.05, 4.69) is 25.3 Å². The van der Waals surface area contributed by atoms with Gasteiger partial charge in [0.05, 0.1) is 22.5 Å². The van der Waals surface area contributed by atoms with Crippen LogP contribution in [0, 0.1) is 17.6 Å². The summed E-state index contributed by atoms with van der Waals surface area (Å²) in [6.45, 7) is 0.129. The molecule has 2 aromatic heterocycles. The quantitative estimate of drug-likeness (QED) is 0.253. The van der Waals surface area contributed by atoms with Crippen LogP contribution in [-0.2, 0) is 4.79 Å². The second-order valence-electron chi connectivity index (χ2n) is 10.7. The SMILES string of the molecule is Cl.O=C(c1ccc(Nc2nccn3c(-c4ccc(OC(F)F)c(F)c4F)cnc23)cc1Cl)N1CCN(C(=O)C2CCNCC2)CC1. The molecule has 2 N–H and O–H groups in total. The highest BCUT2D eigenvalue weighted by molar-refractivity contribution is 6.34. The lowest BCUT2D eigenvalue weighted by Crippen LogP contribution is -2.52. The number of aromatic nitrogens is 3. The van der Waals surface area contributed by atoms with Gasteiger partial charge in [-0.2, -0.15) is 13.2 Å². The number of amides is 2. The second-order valence-corrected chi connectivity index (χ2v) is 11.1. The van der Waals surface area contributed by atoms with Gasteiger partial charge >= 0.3 is 6.61 Å². The molecule has 0 atom stereocenters. The number of rotatable bonds is 7. The van der Waals surface area contributed by atoms with E-state index in [-0.39, 0.29) is 57.9 Å². The lowest BCUT2D eigenvalue weighted by molar-refractivity contribution is -0.137. The minimum Gasteiger partial charge on any atom is -0.432 e. The van der Waals surface area contributed by atoms with E-state index in [9.17, 15) is 27.2 Å². The van der Waals surface area contributed by atoms with Gasteiger partial charge in [-0.1, -0.05) is 11.6 Å². The Morgan fingerprint density at radius 1 is 1.00 bits per heavy atom. The van der Waals surface area contributed by atoms with Crippen LogP contribution in [0.2, 0.25) is 5.02 Å². The van der Waals surface area contributed by atoms with Crippen molar-refractivity contribution < 1.29 is 31.9 Å². The maximum atomic E-state index is 14.8. The number of nitrogens with one attached hydrogen (secondary N) is 2. The van der Waals surface area contributed by atoms with E-state index in [0.717, 1.165) is 38.1 Å². The molecule has 6 rings (SSSR count). The highest BCUT2D eigenvalue weighted by Crippen LogP contribution is 2.33. The lowest BCUT2D eigenvalue weighted by atomic mass is 9.96. The number of piperazine rings is 1. The lowest BCUT2D eigenvalue weighted by Gasteiger charge is -2.37. The summed E-state index contributed by atoms with van der Waals surface area (Å²) in [7, 11) is 0. The first-order valence-corrected chi connectivity index (χ1v) is 14.7. The number of carbonyl (C=O) groups excluding carboxylic acids is 2. The number of piperidine rings is 1. The molecule has 2 aliphatic rings. The minimum absolute atomic E-state index is 0. The number of imidazole rings is 1. The Kier molecular flexibility index (Phi) is 10.2. The third-order valence-corrected chi connectivity index (χ3v) is 8.31. The van der Waals surface area contributed by atoms with Crippen LogP contribution in [0.4, 0.5) is 29.1 Å². The molecule has 2 fully saturated rings. The van der Waals surface area contributed by atoms with Gasteiger partial charge in [0.2, 0.25) is 11.7 Å². The first kappa shape index (κ1) is 33.2. The fourth-order valence-corrected chi connectivity index (χ4v) is 5.91. The Balaban J connectivity index is 0.00000417. The summed E-state index contributed by atoms with van der Waals surface area (Å²) in [4.78, 5) is 38.2. The van der Waals surface area contributed by atoms with E-state index in [1.165, 1.54) is 23.0 Å². The molecule has 0 aliphatic carbocycles. The standard InChI is InChI=1S/C30H28ClF4N7O3.ClH/c31-21-15-18(1-2-19(21)29(44)41-13-11-40(12-14-41)28(43)17-5-7-36-8-6-17)39-26-27-38-16-22(42(27)10-9-37-26)20-3-4-23(45-30(34)35)25(33)24(20)32;/h1-4,9-10,15-17,30,36H,5-8,11-14H2,(H,37,39);1H. The molecule has 10 nitrogen and oxygen atoms in total. The number of carbonyl (C=O) groups is 2. The Labute approximate surface area is 272 Å². The number of nitrogens with zero attached hydrogens (tertiary/aromatic N) is 5. The van der Waals surface area contributed by atoms with Gasteiger partial charge in [-0.05, 0) is 56.3 Å². The summed E-state index contributed by atoms with van der Waals surface area (Å²) in [5.74, 6) is -3.63. The topological polar surface area (TPSA) is 104 Å². The monoisotopic (exact) mass is 681 g/mol. The summed E-state index contributed by atoms with van der Waals surface area (Å²) in [6, 6.07) is 6.85. The molecular weight excluding hydrogens is 653 g/mol. The number of ether oxygens (including phenoxy) is 1. The van der Waals surface area contributed by atoms with Crippen LogP contribution in [-0.4, -0.2) is 81.9 Å². The number of hydrogen-bond donors (Lipinski definition) is 2. The molecule has 16 heteroatoms. The van der Waals surface area contributed by atoms with Gasteiger partial charge in [-0.25, -0.2) is 14.4 Å². The van der Waals surface area contributed by atoms with Gasteiger partial charge in [-0.15, -0.1) is 12.4 Å². The molecule has 0 unspecified atom stereocenters. The third kappa shape index (κ3) is 6.69. The molecule has 0 bridgehead atoms. The third-order valence-electron chi connectivity index (χ3n) is 8.00. The van der Waals surface area contributed by atoms with Crippen LogP contribution >= 0.6 is 24.0 Å². The van der Waals surface area contributed by atoms with Gasteiger partial charge in [0.25, 0.3) is 5.91 Å². The molecule has 0 radical (unpaired) electrons. The molecule has 2 aromatic carbocycles. The van der Waals surface area contributed by atoms with Gasteiger partial charge in [0, 0.05) is 55.7 Å². The van der Waals surface area contributed by atoms with E-state index < -0.39 is 24.0 Å².